The summed E-state index contributed by atoms with van der Waals surface area (Å²) >= 11 is 0. The molecule has 2 aromatic carbocycles. The number of carbonyl (C=O) groups is 2. The first-order valence-electron chi connectivity index (χ1n) is 6.20. The second-order valence-electron chi connectivity index (χ2n) is 4.85. The lowest BCUT2D eigenvalue weighted by Crippen LogP contribution is -2.21. The molecule has 5 N–H and O–H groups in total. The quantitative estimate of drug-likeness (QED) is 0.448. The van der Waals surface area contributed by atoms with Crippen molar-refractivity contribution in [3.8, 4) is 23.0 Å². The van der Waals surface area contributed by atoms with Crippen molar-refractivity contribution in [2.24, 2.45) is 0 Å². The van der Waals surface area contributed by atoms with Gasteiger partial charge < -0.3 is 25.5 Å². The highest BCUT2D eigenvalue weighted by atomic mass is 16.3. The normalized spacial score (nSPS) is 13.0. The molecule has 7 heteroatoms. The molecule has 7 nitrogen and oxygen atoms in total. The third kappa shape index (κ3) is 1.66. The number of hydrogen-bond donors (Lipinski definition) is 5. The molecule has 0 amide bonds. The van der Waals surface area contributed by atoms with Gasteiger partial charge in [-0.1, -0.05) is 0 Å². The highest BCUT2D eigenvalue weighted by molar-refractivity contribution is 6.30. The average Bonchev–Trinajstić information content (AvgIpc) is 2.43. The van der Waals surface area contributed by atoms with Crippen LogP contribution in [0.15, 0.2) is 18.2 Å². The van der Waals surface area contributed by atoms with Crippen LogP contribution < -0.4 is 0 Å². The molecule has 0 unspecified atom stereocenters. The number of fused-ring (bicyclic) bond motifs is 2. The molecule has 0 spiro atoms. The van der Waals surface area contributed by atoms with Crippen molar-refractivity contribution in [3.05, 3.63) is 46.0 Å². The zero-order valence-corrected chi connectivity index (χ0v) is 11.0. The van der Waals surface area contributed by atoms with Gasteiger partial charge >= 0.3 is 0 Å². The lowest BCUT2D eigenvalue weighted by molar-refractivity contribution is 0.0973. The minimum absolute atomic E-state index is 0.231. The zero-order valence-electron chi connectivity index (χ0n) is 11.0. The van der Waals surface area contributed by atoms with Crippen LogP contribution in [0.25, 0.3) is 0 Å². The van der Waals surface area contributed by atoms with Gasteiger partial charge in [-0.15, -0.1) is 0 Å². The van der Waals surface area contributed by atoms with Gasteiger partial charge in [0.05, 0.1) is 23.3 Å². The summed E-state index contributed by atoms with van der Waals surface area (Å²) in [5, 5.41) is 48.2. The van der Waals surface area contributed by atoms with Crippen molar-refractivity contribution >= 4 is 11.6 Å². The second-order valence-corrected chi connectivity index (χ2v) is 4.85. The van der Waals surface area contributed by atoms with Gasteiger partial charge in [0.15, 0.2) is 5.78 Å². The fourth-order valence-corrected chi connectivity index (χ4v) is 2.56. The first-order chi connectivity index (χ1) is 10.4. The van der Waals surface area contributed by atoms with Gasteiger partial charge in [0.1, 0.15) is 23.0 Å². The summed E-state index contributed by atoms with van der Waals surface area (Å²) < 4.78 is 0. The minimum atomic E-state index is -0.839. The van der Waals surface area contributed by atoms with E-state index < -0.39 is 46.7 Å². The van der Waals surface area contributed by atoms with E-state index >= 15 is 0 Å². The van der Waals surface area contributed by atoms with E-state index in [1.807, 2.05) is 0 Å². The molecule has 0 aromatic heterocycles. The molecule has 0 saturated carbocycles. The Kier molecular flexibility index (Phi) is 2.82. The van der Waals surface area contributed by atoms with Gasteiger partial charge in [0, 0.05) is 17.2 Å². The Morgan fingerprint density at radius 1 is 0.773 bits per heavy atom. The molecule has 1 aliphatic carbocycles. The van der Waals surface area contributed by atoms with Crippen LogP contribution in [0, 0.1) is 0 Å². The lowest BCUT2D eigenvalue weighted by atomic mass is 9.82. The Morgan fingerprint density at radius 3 is 2.05 bits per heavy atom. The summed E-state index contributed by atoms with van der Waals surface area (Å²) in [7, 11) is 0. The first-order valence-corrected chi connectivity index (χ1v) is 6.20. The molecule has 0 aliphatic heterocycles. The summed E-state index contributed by atoms with van der Waals surface area (Å²) in [6, 6.07) is 2.89. The first kappa shape index (κ1) is 13.9. The van der Waals surface area contributed by atoms with Crippen LogP contribution in [0.5, 0.6) is 23.0 Å². The van der Waals surface area contributed by atoms with Gasteiger partial charge in [-0.2, -0.15) is 0 Å². The number of aliphatic hydroxyl groups excluding tert-OH is 1. The van der Waals surface area contributed by atoms with Crippen molar-refractivity contribution in [2.45, 2.75) is 6.61 Å². The Hall–Kier alpha value is -3.06. The highest BCUT2D eigenvalue weighted by Gasteiger charge is 2.36. The number of aromatic hydroxyl groups is 4. The van der Waals surface area contributed by atoms with Crippen LogP contribution in [-0.2, 0) is 6.61 Å². The Bertz CT molecular complexity index is 852. The number of phenols is 4. The molecular formula is C15H10O7. The molecule has 0 radical (unpaired) electrons. The molecule has 0 atom stereocenters. The largest absolute Gasteiger partial charge is 0.508 e. The van der Waals surface area contributed by atoms with E-state index in [9.17, 15) is 30.0 Å². The number of aliphatic hydroxyl groups is 1. The molecule has 2 aromatic rings. The SMILES string of the molecule is O=C1c2cc(O)cc(O)c2C(=O)c2c1cc(O)c(CO)c2O. The van der Waals surface area contributed by atoms with E-state index in [1.54, 1.807) is 0 Å². The van der Waals surface area contributed by atoms with Crippen LogP contribution in [0.2, 0.25) is 0 Å². The Balaban J connectivity index is 2.39. The molecule has 112 valence electrons. The average molecular weight is 302 g/mol. The number of ketones is 2. The molecular weight excluding hydrogens is 292 g/mol. The van der Waals surface area contributed by atoms with E-state index in [4.69, 9.17) is 5.11 Å². The molecule has 0 fully saturated rings. The molecule has 22 heavy (non-hydrogen) atoms. The van der Waals surface area contributed by atoms with Gasteiger partial charge in [-0.05, 0) is 12.1 Å². The van der Waals surface area contributed by atoms with Gasteiger partial charge in [0.2, 0.25) is 5.78 Å². The van der Waals surface area contributed by atoms with Crippen LogP contribution in [0.4, 0.5) is 0 Å². The topological polar surface area (TPSA) is 135 Å². The van der Waals surface area contributed by atoms with Crippen LogP contribution in [-0.4, -0.2) is 37.1 Å². The number of carbonyl (C=O) groups excluding carboxylic acids is 2. The lowest BCUT2D eigenvalue weighted by Gasteiger charge is -2.21. The van der Waals surface area contributed by atoms with Crippen LogP contribution in [0.1, 0.15) is 37.4 Å². The summed E-state index contributed by atoms with van der Waals surface area (Å²) in [6.07, 6.45) is 0. The van der Waals surface area contributed by atoms with E-state index in [0.717, 1.165) is 18.2 Å². The predicted octanol–water partition coefficient (Wildman–Crippen LogP) is 0.777. The maximum Gasteiger partial charge on any atom is 0.201 e. The standard InChI is InChI=1S/C15H10O7/c16-4-8-9(18)3-7-12(14(8)21)15(22)11-6(13(7)20)1-5(17)2-10(11)19/h1-3,16-19,21H,4H2. The van der Waals surface area contributed by atoms with Crippen molar-refractivity contribution in [2.75, 3.05) is 0 Å². The molecule has 0 bridgehead atoms. The summed E-state index contributed by atoms with van der Waals surface area (Å²) in [5.41, 5.74) is -1.54. The Morgan fingerprint density at radius 2 is 1.41 bits per heavy atom. The maximum absolute atomic E-state index is 12.5. The van der Waals surface area contributed by atoms with E-state index in [0.29, 0.717) is 0 Å². The summed E-state index contributed by atoms with van der Waals surface area (Å²) in [6.45, 7) is -0.735. The smallest absolute Gasteiger partial charge is 0.201 e. The molecule has 3 rings (SSSR count). The fourth-order valence-electron chi connectivity index (χ4n) is 2.56. The van der Waals surface area contributed by atoms with Gasteiger partial charge in [0.25, 0.3) is 0 Å². The monoisotopic (exact) mass is 302 g/mol. The predicted molar refractivity (Wildman–Crippen MR) is 72.3 cm³/mol. The van der Waals surface area contributed by atoms with Crippen molar-refractivity contribution in [1.29, 1.82) is 0 Å². The fraction of sp³-hybridized carbons (Fsp3) is 0.0667. The molecule has 0 heterocycles. The van der Waals surface area contributed by atoms with E-state index in [1.165, 1.54) is 0 Å². The molecule has 1 aliphatic rings. The zero-order chi connectivity index (χ0) is 16.2. The van der Waals surface area contributed by atoms with Gasteiger partial charge in [-0.25, -0.2) is 0 Å². The number of benzene rings is 2. The number of phenolic OH excluding ortho intramolecular Hbond substituents is 2. The number of rotatable bonds is 1. The van der Waals surface area contributed by atoms with Crippen molar-refractivity contribution in [3.63, 3.8) is 0 Å². The van der Waals surface area contributed by atoms with E-state index in [-0.39, 0.29) is 22.3 Å². The maximum atomic E-state index is 12.5. The Labute approximate surface area is 123 Å². The third-order valence-corrected chi connectivity index (χ3v) is 3.59. The second kappa shape index (κ2) is 4.47. The third-order valence-electron chi connectivity index (χ3n) is 3.59. The summed E-state index contributed by atoms with van der Waals surface area (Å²) in [4.78, 5) is 24.9. The molecule has 0 saturated heterocycles. The van der Waals surface area contributed by atoms with Gasteiger partial charge in [-0.3, -0.25) is 9.59 Å². The van der Waals surface area contributed by atoms with Crippen molar-refractivity contribution < 1.29 is 35.1 Å². The van der Waals surface area contributed by atoms with Crippen LogP contribution in [0.3, 0.4) is 0 Å². The van der Waals surface area contributed by atoms with Crippen molar-refractivity contribution in [1.82, 2.24) is 0 Å². The van der Waals surface area contributed by atoms with Crippen LogP contribution >= 0.6 is 0 Å². The minimum Gasteiger partial charge on any atom is -0.508 e. The number of hydrogen-bond acceptors (Lipinski definition) is 7. The summed E-state index contributed by atoms with van der Waals surface area (Å²) in [5.74, 6) is -3.83. The van der Waals surface area contributed by atoms with E-state index in [2.05, 4.69) is 0 Å². The highest BCUT2D eigenvalue weighted by Crippen LogP contribution is 2.42.